The Morgan fingerprint density at radius 3 is 2.00 bits per heavy atom. The van der Waals surface area contributed by atoms with Crippen molar-refractivity contribution in [3.05, 3.63) is 59.2 Å². The van der Waals surface area contributed by atoms with Gasteiger partial charge in [-0.25, -0.2) is 0 Å². The summed E-state index contributed by atoms with van der Waals surface area (Å²) < 4.78 is 0. The first kappa shape index (κ1) is 13.9. The van der Waals surface area contributed by atoms with Crippen LogP contribution in [0.1, 0.15) is 56.2 Å². The summed E-state index contributed by atoms with van der Waals surface area (Å²) in [6, 6.07) is 16.5. The standard InChI is InChI=1S/C19H23/c1-13(2)17-7-6-8-18(19(17)14(3)4)16-11-9-15(5)10-12-16/h6,8-14H,1-5H3. The summed E-state index contributed by atoms with van der Waals surface area (Å²) in [5.41, 5.74) is 6.78. The maximum Gasteiger partial charge on any atom is -0.0143 e. The van der Waals surface area contributed by atoms with Crippen molar-refractivity contribution < 1.29 is 0 Å². The Morgan fingerprint density at radius 2 is 1.47 bits per heavy atom. The van der Waals surface area contributed by atoms with Gasteiger partial charge < -0.3 is 0 Å². The maximum atomic E-state index is 3.44. The van der Waals surface area contributed by atoms with Crippen LogP contribution in [0.3, 0.4) is 0 Å². The molecule has 0 aliphatic heterocycles. The van der Waals surface area contributed by atoms with E-state index < -0.39 is 0 Å². The first-order valence-corrected chi connectivity index (χ1v) is 7.12. The molecule has 0 unspecified atom stereocenters. The number of aryl methyl sites for hydroxylation is 1. The molecule has 0 heterocycles. The third kappa shape index (κ3) is 2.89. The third-order valence-corrected chi connectivity index (χ3v) is 3.59. The highest BCUT2D eigenvalue weighted by atomic mass is 14.2. The fourth-order valence-corrected chi connectivity index (χ4v) is 2.61. The van der Waals surface area contributed by atoms with E-state index in [9.17, 15) is 0 Å². The Morgan fingerprint density at radius 1 is 0.842 bits per heavy atom. The third-order valence-electron chi connectivity index (χ3n) is 3.59. The number of rotatable bonds is 3. The number of hydrogen-bond acceptors (Lipinski definition) is 0. The van der Waals surface area contributed by atoms with Crippen LogP contribution in [0.5, 0.6) is 0 Å². The molecular weight excluding hydrogens is 228 g/mol. The van der Waals surface area contributed by atoms with Crippen LogP contribution >= 0.6 is 0 Å². The lowest BCUT2D eigenvalue weighted by Crippen LogP contribution is -2.01. The summed E-state index contributed by atoms with van der Waals surface area (Å²) in [5.74, 6) is 1.04. The van der Waals surface area contributed by atoms with Gasteiger partial charge in [-0.15, -0.1) is 0 Å². The van der Waals surface area contributed by atoms with Crippen molar-refractivity contribution in [3.63, 3.8) is 0 Å². The Bertz CT molecular complexity index is 545. The molecule has 0 N–H and O–H groups in total. The van der Waals surface area contributed by atoms with Crippen LogP contribution in [0, 0.1) is 13.0 Å². The van der Waals surface area contributed by atoms with Crippen LogP contribution < -0.4 is 0 Å². The van der Waals surface area contributed by atoms with E-state index in [4.69, 9.17) is 0 Å². The molecule has 0 fully saturated rings. The van der Waals surface area contributed by atoms with Crippen molar-refractivity contribution in [2.45, 2.75) is 46.5 Å². The highest BCUT2D eigenvalue weighted by Crippen LogP contribution is 2.34. The molecule has 0 bridgehead atoms. The Labute approximate surface area is 117 Å². The van der Waals surface area contributed by atoms with Gasteiger partial charge in [0.1, 0.15) is 0 Å². The smallest absolute Gasteiger partial charge is 0.0143 e. The van der Waals surface area contributed by atoms with Crippen molar-refractivity contribution in [3.8, 4) is 11.1 Å². The lowest BCUT2D eigenvalue weighted by Gasteiger charge is -2.20. The minimum atomic E-state index is 0.516. The highest BCUT2D eigenvalue weighted by molar-refractivity contribution is 5.70. The molecule has 1 radical (unpaired) electrons. The second-order valence-electron chi connectivity index (χ2n) is 5.89. The predicted octanol–water partition coefficient (Wildman–Crippen LogP) is 5.71. The molecule has 0 aliphatic rings. The van der Waals surface area contributed by atoms with Gasteiger partial charge in [-0.05, 0) is 47.1 Å². The fourth-order valence-electron chi connectivity index (χ4n) is 2.61. The molecule has 2 aromatic carbocycles. The zero-order valence-electron chi connectivity index (χ0n) is 12.6. The van der Waals surface area contributed by atoms with E-state index in [-0.39, 0.29) is 0 Å². The van der Waals surface area contributed by atoms with Gasteiger partial charge in [0, 0.05) is 0 Å². The van der Waals surface area contributed by atoms with Crippen molar-refractivity contribution in [2.24, 2.45) is 0 Å². The molecule has 99 valence electrons. The largest absolute Gasteiger partial charge is 0.0587 e. The van der Waals surface area contributed by atoms with Crippen LogP contribution in [0.25, 0.3) is 11.1 Å². The second kappa shape index (κ2) is 5.61. The molecule has 0 atom stereocenters. The SMILES string of the molecule is Cc1ccc(-c2cc[c]c(C(C)C)c2C(C)C)cc1. The minimum absolute atomic E-state index is 0.516. The summed E-state index contributed by atoms with van der Waals surface area (Å²) >= 11 is 0. The molecule has 2 rings (SSSR count). The van der Waals surface area contributed by atoms with Crippen LogP contribution in [0.2, 0.25) is 0 Å². The topological polar surface area (TPSA) is 0 Å². The normalized spacial score (nSPS) is 11.3. The Balaban J connectivity index is 2.62. The van der Waals surface area contributed by atoms with E-state index in [1.165, 1.54) is 27.8 Å². The Hall–Kier alpha value is -1.56. The highest BCUT2D eigenvalue weighted by Gasteiger charge is 2.15. The van der Waals surface area contributed by atoms with Crippen molar-refractivity contribution in [1.29, 1.82) is 0 Å². The summed E-state index contributed by atoms with van der Waals surface area (Å²) in [6.07, 6.45) is 0. The summed E-state index contributed by atoms with van der Waals surface area (Å²) in [7, 11) is 0. The van der Waals surface area contributed by atoms with Crippen LogP contribution in [-0.4, -0.2) is 0 Å². The molecule has 19 heavy (non-hydrogen) atoms. The molecule has 0 spiro atoms. The number of hydrogen-bond donors (Lipinski definition) is 0. The molecule has 0 heteroatoms. The van der Waals surface area contributed by atoms with E-state index in [2.05, 4.69) is 77.1 Å². The van der Waals surface area contributed by atoms with Gasteiger partial charge in [-0.1, -0.05) is 69.7 Å². The van der Waals surface area contributed by atoms with Crippen molar-refractivity contribution in [1.82, 2.24) is 0 Å². The van der Waals surface area contributed by atoms with E-state index in [0.717, 1.165) is 0 Å². The zero-order valence-corrected chi connectivity index (χ0v) is 12.6. The van der Waals surface area contributed by atoms with Gasteiger partial charge >= 0.3 is 0 Å². The minimum Gasteiger partial charge on any atom is -0.0587 e. The van der Waals surface area contributed by atoms with Gasteiger partial charge in [0.2, 0.25) is 0 Å². The predicted molar refractivity (Wildman–Crippen MR) is 83.6 cm³/mol. The van der Waals surface area contributed by atoms with Gasteiger partial charge in [0.05, 0.1) is 0 Å². The summed E-state index contributed by atoms with van der Waals surface area (Å²) in [5, 5.41) is 0. The van der Waals surface area contributed by atoms with Crippen molar-refractivity contribution in [2.75, 3.05) is 0 Å². The van der Waals surface area contributed by atoms with Gasteiger partial charge in [0.25, 0.3) is 0 Å². The molecule has 0 aromatic heterocycles. The molecule has 2 aromatic rings. The quantitative estimate of drug-likeness (QED) is 0.655. The van der Waals surface area contributed by atoms with Crippen LogP contribution in [-0.2, 0) is 0 Å². The van der Waals surface area contributed by atoms with Gasteiger partial charge in [-0.3, -0.25) is 0 Å². The van der Waals surface area contributed by atoms with Crippen LogP contribution in [0.4, 0.5) is 0 Å². The van der Waals surface area contributed by atoms with E-state index in [0.29, 0.717) is 11.8 Å². The first-order valence-electron chi connectivity index (χ1n) is 7.12. The van der Waals surface area contributed by atoms with E-state index >= 15 is 0 Å². The first-order chi connectivity index (χ1) is 9.00. The van der Waals surface area contributed by atoms with E-state index in [1.807, 2.05) is 0 Å². The molecule has 0 saturated carbocycles. The monoisotopic (exact) mass is 251 g/mol. The lowest BCUT2D eigenvalue weighted by molar-refractivity contribution is 0.791. The summed E-state index contributed by atoms with van der Waals surface area (Å²) in [4.78, 5) is 0. The number of benzene rings is 2. The molecule has 0 aliphatic carbocycles. The average molecular weight is 251 g/mol. The van der Waals surface area contributed by atoms with E-state index in [1.54, 1.807) is 0 Å². The van der Waals surface area contributed by atoms with Crippen molar-refractivity contribution >= 4 is 0 Å². The lowest BCUT2D eigenvalue weighted by atomic mass is 9.84. The second-order valence-corrected chi connectivity index (χ2v) is 5.89. The zero-order chi connectivity index (χ0) is 14.0. The average Bonchev–Trinajstić information content (AvgIpc) is 2.38. The molecule has 0 saturated heterocycles. The summed E-state index contributed by atoms with van der Waals surface area (Å²) in [6.45, 7) is 11.2. The fraction of sp³-hybridized carbons (Fsp3) is 0.368. The maximum absolute atomic E-state index is 3.44. The van der Waals surface area contributed by atoms with Gasteiger partial charge in [-0.2, -0.15) is 0 Å². The molecule has 0 nitrogen and oxygen atoms in total. The van der Waals surface area contributed by atoms with Gasteiger partial charge in [0.15, 0.2) is 0 Å². The Kier molecular flexibility index (Phi) is 4.09. The molecular formula is C19H23. The molecule has 0 amide bonds. The van der Waals surface area contributed by atoms with Crippen LogP contribution in [0.15, 0.2) is 36.4 Å².